The second kappa shape index (κ2) is 6.85. The van der Waals surface area contributed by atoms with Crippen molar-refractivity contribution in [3.05, 3.63) is 52.4 Å². The van der Waals surface area contributed by atoms with Gasteiger partial charge in [-0.3, -0.25) is 9.69 Å². The van der Waals surface area contributed by atoms with Crippen molar-refractivity contribution >= 4 is 0 Å². The maximum atomic E-state index is 11.9. The first-order valence-corrected chi connectivity index (χ1v) is 7.85. The van der Waals surface area contributed by atoms with E-state index in [0.29, 0.717) is 5.82 Å². The van der Waals surface area contributed by atoms with Gasteiger partial charge in [0.05, 0.1) is 5.69 Å². The summed E-state index contributed by atoms with van der Waals surface area (Å²) in [5.74, 6) is 0.648. The van der Waals surface area contributed by atoms with Crippen LogP contribution in [0.4, 0.5) is 0 Å². The number of aromatic amines is 1. The third-order valence-corrected chi connectivity index (χ3v) is 4.14. The van der Waals surface area contributed by atoms with Crippen LogP contribution < -0.4 is 5.56 Å². The Balaban J connectivity index is 1.75. The number of benzene rings is 1. The minimum Gasteiger partial charge on any atom is -0.307 e. The van der Waals surface area contributed by atoms with Crippen molar-refractivity contribution in [2.45, 2.75) is 13.5 Å². The molecule has 0 saturated carbocycles. The van der Waals surface area contributed by atoms with E-state index in [-0.39, 0.29) is 5.56 Å². The zero-order valence-corrected chi connectivity index (χ0v) is 13.0. The van der Waals surface area contributed by atoms with Gasteiger partial charge in [0.25, 0.3) is 5.56 Å². The molecule has 2 heterocycles. The lowest BCUT2D eigenvalue weighted by atomic mass is 10.2. The summed E-state index contributed by atoms with van der Waals surface area (Å²) in [6.07, 6.45) is 0. The van der Waals surface area contributed by atoms with Crippen LogP contribution >= 0.6 is 0 Å². The van der Waals surface area contributed by atoms with Gasteiger partial charge < -0.3 is 9.88 Å². The summed E-state index contributed by atoms with van der Waals surface area (Å²) in [5.41, 5.74) is 1.70. The second-order valence-electron chi connectivity index (χ2n) is 5.66. The Morgan fingerprint density at radius 2 is 1.77 bits per heavy atom. The molecule has 0 bridgehead atoms. The van der Waals surface area contributed by atoms with Crippen LogP contribution in [0.3, 0.4) is 0 Å². The molecular weight excluding hydrogens is 276 g/mol. The molecule has 5 heteroatoms. The molecule has 116 valence electrons. The molecule has 0 aliphatic carbocycles. The SMILES string of the molecule is CCN1CCN(Cc2cc(=O)[nH]c(-c3ccccc3)n2)CC1. The molecule has 0 unspecified atom stereocenters. The quantitative estimate of drug-likeness (QED) is 0.931. The topological polar surface area (TPSA) is 52.2 Å². The summed E-state index contributed by atoms with van der Waals surface area (Å²) in [5, 5.41) is 0. The van der Waals surface area contributed by atoms with Crippen LogP contribution in [0.1, 0.15) is 12.6 Å². The van der Waals surface area contributed by atoms with Gasteiger partial charge >= 0.3 is 0 Å². The van der Waals surface area contributed by atoms with Gasteiger partial charge in [-0.1, -0.05) is 37.3 Å². The summed E-state index contributed by atoms with van der Waals surface area (Å²) in [4.78, 5) is 24.2. The van der Waals surface area contributed by atoms with Crippen molar-refractivity contribution in [1.82, 2.24) is 19.8 Å². The van der Waals surface area contributed by atoms with Gasteiger partial charge in [0, 0.05) is 44.4 Å². The first-order valence-electron chi connectivity index (χ1n) is 7.85. The number of rotatable bonds is 4. The van der Waals surface area contributed by atoms with Gasteiger partial charge in [-0.25, -0.2) is 4.98 Å². The molecule has 1 saturated heterocycles. The Bertz CT molecular complexity index is 660. The molecule has 0 spiro atoms. The van der Waals surface area contributed by atoms with Crippen molar-refractivity contribution < 1.29 is 0 Å². The Hall–Kier alpha value is -1.98. The molecular formula is C17H22N4O. The van der Waals surface area contributed by atoms with E-state index >= 15 is 0 Å². The number of nitrogens with one attached hydrogen (secondary N) is 1. The molecule has 5 nitrogen and oxygen atoms in total. The molecule has 1 aromatic carbocycles. The Labute approximate surface area is 130 Å². The summed E-state index contributed by atoms with van der Waals surface area (Å²) >= 11 is 0. The van der Waals surface area contributed by atoms with E-state index in [1.807, 2.05) is 30.3 Å². The molecule has 1 aromatic heterocycles. The zero-order chi connectivity index (χ0) is 15.4. The monoisotopic (exact) mass is 298 g/mol. The number of piperazine rings is 1. The fourth-order valence-corrected chi connectivity index (χ4v) is 2.81. The van der Waals surface area contributed by atoms with Crippen molar-refractivity contribution in [2.24, 2.45) is 0 Å². The van der Waals surface area contributed by atoms with Crippen LogP contribution in [-0.4, -0.2) is 52.5 Å². The molecule has 0 atom stereocenters. The van der Waals surface area contributed by atoms with Gasteiger partial charge in [-0.15, -0.1) is 0 Å². The van der Waals surface area contributed by atoms with E-state index in [9.17, 15) is 4.79 Å². The lowest BCUT2D eigenvalue weighted by molar-refractivity contribution is 0.131. The summed E-state index contributed by atoms with van der Waals surface area (Å²) in [7, 11) is 0. The van der Waals surface area contributed by atoms with Gasteiger partial charge in [0.1, 0.15) is 5.82 Å². The largest absolute Gasteiger partial charge is 0.307 e. The first-order chi connectivity index (χ1) is 10.7. The van der Waals surface area contributed by atoms with E-state index in [4.69, 9.17) is 0 Å². The summed E-state index contributed by atoms with van der Waals surface area (Å²) in [6.45, 7) is 8.28. The first kappa shape index (κ1) is 14.9. The highest BCUT2D eigenvalue weighted by atomic mass is 16.1. The molecule has 1 fully saturated rings. The summed E-state index contributed by atoms with van der Waals surface area (Å²) in [6, 6.07) is 11.4. The van der Waals surface area contributed by atoms with Gasteiger partial charge in [-0.05, 0) is 6.54 Å². The highest BCUT2D eigenvalue weighted by Crippen LogP contribution is 2.13. The maximum Gasteiger partial charge on any atom is 0.251 e. The third kappa shape index (κ3) is 3.61. The van der Waals surface area contributed by atoms with Crippen molar-refractivity contribution in [3.8, 4) is 11.4 Å². The van der Waals surface area contributed by atoms with Crippen LogP contribution in [0.15, 0.2) is 41.2 Å². The molecule has 1 N–H and O–H groups in total. The highest BCUT2D eigenvalue weighted by Gasteiger charge is 2.16. The Morgan fingerprint density at radius 3 is 2.45 bits per heavy atom. The van der Waals surface area contributed by atoms with Crippen LogP contribution in [0, 0.1) is 0 Å². The predicted octanol–water partition coefficient (Wildman–Crippen LogP) is 1.57. The van der Waals surface area contributed by atoms with E-state index < -0.39 is 0 Å². The minimum absolute atomic E-state index is 0.0870. The number of aromatic nitrogens is 2. The summed E-state index contributed by atoms with van der Waals surface area (Å²) < 4.78 is 0. The number of hydrogen-bond acceptors (Lipinski definition) is 4. The van der Waals surface area contributed by atoms with E-state index in [1.54, 1.807) is 6.07 Å². The van der Waals surface area contributed by atoms with Gasteiger partial charge in [0.15, 0.2) is 0 Å². The fraction of sp³-hybridized carbons (Fsp3) is 0.412. The predicted molar refractivity (Wildman–Crippen MR) is 87.7 cm³/mol. The van der Waals surface area contributed by atoms with Crippen molar-refractivity contribution in [1.29, 1.82) is 0 Å². The molecule has 1 aliphatic heterocycles. The second-order valence-corrected chi connectivity index (χ2v) is 5.66. The number of H-pyrrole nitrogens is 1. The van der Waals surface area contributed by atoms with Crippen molar-refractivity contribution in [3.63, 3.8) is 0 Å². The number of nitrogens with zero attached hydrogens (tertiary/aromatic N) is 3. The smallest absolute Gasteiger partial charge is 0.251 e. The average Bonchev–Trinajstić information content (AvgIpc) is 2.56. The maximum absolute atomic E-state index is 11.9. The number of likely N-dealkylation sites (N-methyl/N-ethyl adjacent to an activating group) is 1. The van der Waals surface area contributed by atoms with Crippen LogP contribution in [-0.2, 0) is 6.54 Å². The normalized spacial score (nSPS) is 16.8. The standard InChI is InChI=1S/C17H22N4O/c1-2-20-8-10-21(11-9-20)13-15-12-16(22)19-17(18-15)14-6-4-3-5-7-14/h3-7,12H,2,8-11,13H2,1H3,(H,18,19,22). The molecule has 2 aromatic rings. The number of hydrogen-bond donors (Lipinski definition) is 1. The lowest BCUT2D eigenvalue weighted by Gasteiger charge is -2.33. The molecule has 22 heavy (non-hydrogen) atoms. The van der Waals surface area contributed by atoms with E-state index in [2.05, 4.69) is 26.7 Å². The highest BCUT2D eigenvalue weighted by molar-refractivity contribution is 5.54. The molecule has 3 rings (SSSR count). The van der Waals surface area contributed by atoms with E-state index in [1.165, 1.54) is 0 Å². The molecule has 0 amide bonds. The van der Waals surface area contributed by atoms with Crippen LogP contribution in [0.5, 0.6) is 0 Å². The molecule has 1 aliphatic rings. The average molecular weight is 298 g/mol. The lowest BCUT2D eigenvalue weighted by Crippen LogP contribution is -2.45. The zero-order valence-electron chi connectivity index (χ0n) is 13.0. The molecule has 0 radical (unpaired) electrons. The van der Waals surface area contributed by atoms with Gasteiger partial charge in [-0.2, -0.15) is 0 Å². The Morgan fingerprint density at radius 1 is 1.09 bits per heavy atom. The van der Waals surface area contributed by atoms with Crippen LogP contribution in [0.25, 0.3) is 11.4 Å². The van der Waals surface area contributed by atoms with E-state index in [0.717, 1.165) is 50.5 Å². The van der Waals surface area contributed by atoms with Crippen molar-refractivity contribution in [2.75, 3.05) is 32.7 Å². The Kier molecular flexibility index (Phi) is 4.65. The third-order valence-electron chi connectivity index (χ3n) is 4.14. The minimum atomic E-state index is -0.0870. The van der Waals surface area contributed by atoms with Crippen LogP contribution in [0.2, 0.25) is 0 Å². The van der Waals surface area contributed by atoms with Gasteiger partial charge in [0.2, 0.25) is 0 Å². The fourth-order valence-electron chi connectivity index (χ4n) is 2.81.